The molecule has 21 heavy (non-hydrogen) atoms. The fraction of sp³-hybridized carbons (Fsp3) is 0.529. The summed E-state index contributed by atoms with van der Waals surface area (Å²) in [6, 6.07) is 9.89. The van der Waals surface area contributed by atoms with Gasteiger partial charge < -0.3 is 10.2 Å². The molecule has 0 spiro atoms. The fourth-order valence-electron chi connectivity index (χ4n) is 2.58. The molecule has 0 aromatic heterocycles. The molecule has 1 rings (SSSR count). The van der Waals surface area contributed by atoms with Gasteiger partial charge in [0.1, 0.15) is 5.41 Å². The van der Waals surface area contributed by atoms with Crippen LogP contribution < -0.4 is 10.2 Å². The largest absolute Gasteiger partial charge is 0.376 e. The number of nitriles is 1. The first kappa shape index (κ1) is 17.0. The minimum atomic E-state index is -0.928. The molecule has 0 radical (unpaired) electrons. The predicted octanol–water partition coefficient (Wildman–Crippen LogP) is 3.80. The van der Waals surface area contributed by atoms with Crippen molar-refractivity contribution in [2.24, 2.45) is 5.41 Å². The van der Waals surface area contributed by atoms with Crippen molar-refractivity contribution in [3.05, 3.63) is 24.3 Å². The maximum atomic E-state index is 12.7. The van der Waals surface area contributed by atoms with Crippen LogP contribution in [0.15, 0.2) is 24.3 Å². The number of hydrogen-bond acceptors (Lipinski definition) is 3. The molecule has 0 aliphatic heterocycles. The predicted molar refractivity (Wildman–Crippen MR) is 87.3 cm³/mol. The minimum absolute atomic E-state index is 0.192. The van der Waals surface area contributed by atoms with Crippen molar-refractivity contribution in [3.63, 3.8) is 0 Å². The van der Waals surface area contributed by atoms with E-state index in [1.54, 1.807) is 0 Å². The molecule has 4 nitrogen and oxygen atoms in total. The second-order valence-corrected chi connectivity index (χ2v) is 5.56. The van der Waals surface area contributed by atoms with Crippen LogP contribution in [-0.4, -0.2) is 20.0 Å². The Morgan fingerprint density at radius 2 is 1.81 bits per heavy atom. The Morgan fingerprint density at radius 1 is 1.24 bits per heavy atom. The van der Waals surface area contributed by atoms with Gasteiger partial charge in [-0.05, 0) is 25.0 Å². The van der Waals surface area contributed by atoms with E-state index in [0.717, 1.165) is 24.2 Å². The van der Waals surface area contributed by atoms with Crippen molar-refractivity contribution >= 4 is 17.3 Å². The number of rotatable bonds is 7. The zero-order valence-electron chi connectivity index (χ0n) is 13.4. The van der Waals surface area contributed by atoms with Crippen molar-refractivity contribution in [3.8, 4) is 6.07 Å². The van der Waals surface area contributed by atoms with Gasteiger partial charge in [-0.3, -0.25) is 4.79 Å². The SMILES string of the molecule is CCCC(C#N)(CCC)C(=O)Nc1ccccc1N(C)C. The molecule has 1 N–H and O–H groups in total. The Labute approximate surface area is 127 Å². The Hall–Kier alpha value is -2.02. The number of anilines is 2. The molecular formula is C17H25N3O. The summed E-state index contributed by atoms with van der Waals surface area (Å²) >= 11 is 0. The van der Waals surface area contributed by atoms with E-state index in [0.29, 0.717) is 12.8 Å². The summed E-state index contributed by atoms with van der Waals surface area (Å²) in [6.07, 6.45) is 2.81. The number of benzene rings is 1. The highest BCUT2D eigenvalue weighted by atomic mass is 16.2. The van der Waals surface area contributed by atoms with Gasteiger partial charge in [0.2, 0.25) is 5.91 Å². The normalized spacial score (nSPS) is 10.8. The van der Waals surface area contributed by atoms with E-state index >= 15 is 0 Å². The first-order valence-electron chi connectivity index (χ1n) is 7.49. The van der Waals surface area contributed by atoms with Crippen LogP contribution in [0.3, 0.4) is 0 Å². The molecule has 0 heterocycles. The topological polar surface area (TPSA) is 56.1 Å². The van der Waals surface area contributed by atoms with E-state index in [4.69, 9.17) is 0 Å². The Morgan fingerprint density at radius 3 is 2.29 bits per heavy atom. The van der Waals surface area contributed by atoms with Crippen LogP contribution in [0, 0.1) is 16.7 Å². The summed E-state index contributed by atoms with van der Waals surface area (Å²) in [4.78, 5) is 14.6. The molecule has 0 bridgehead atoms. The van der Waals surface area contributed by atoms with Gasteiger partial charge in [0, 0.05) is 14.1 Å². The fourth-order valence-corrected chi connectivity index (χ4v) is 2.58. The molecule has 1 aromatic rings. The van der Waals surface area contributed by atoms with Crippen LogP contribution in [0.4, 0.5) is 11.4 Å². The first-order chi connectivity index (χ1) is 10.0. The average molecular weight is 287 g/mol. The van der Waals surface area contributed by atoms with Gasteiger partial charge in [-0.15, -0.1) is 0 Å². The van der Waals surface area contributed by atoms with E-state index in [9.17, 15) is 10.1 Å². The van der Waals surface area contributed by atoms with Crippen LogP contribution >= 0.6 is 0 Å². The van der Waals surface area contributed by atoms with E-state index in [2.05, 4.69) is 11.4 Å². The van der Waals surface area contributed by atoms with Gasteiger partial charge >= 0.3 is 0 Å². The lowest BCUT2D eigenvalue weighted by Crippen LogP contribution is -2.35. The molecule has 0 fully saturated rings. The third-order valence-corrected chi connectivity index (χ3v) is 3.64. The summed E-state index contributed by atoms with van der Waals surface area (Å²) in [5.41, 5.74) is 0.758. The summed E-state index contributed by atoms with van der Waals surface area (Å²) in [5, 5.41) is 12.5. The molecular weight excluding hydrogens is 262 g/mol. The second kappa shape index (κ2) is 7.68. The van der Waals surface area contributed by atoms with Crippen LogP contribution in [0.1, 0.15) is 39.5 Å². The highest BCUT2D eigenvalue weighted by Crippen LogP contribution is 2.32. The number of amides is 1. The van der Waals surface area contributed by atoms with Gasteiger partial charge in [-0.1, -0.05) is 38.8 Å². The van der Waals surface area contributed by atoms with E-state index in [1.165, 1.54) is 0 Å². The van der Waals surface area contributed by atoms with Crippen molar-refractivity contribution in [1.29, 1.82) is 5.26 Å². The first-order valence-corrected chi connectivity index (χ1v) is 7.49. The summed E-state index contributed by atoms with van der Waals surface area (Å²) in [7, 11) is 3.86. The van der Waals surface area contributed by atoms with Crippen LogP contribution in [-0.2, 0) is 4.79 Å². The van der Waals surface area contributed by atoms with Crippen molar-refractivity contribution < 1.29 is 4.79 Å². The lowest BCUT2D eigenvalue weighted by molar-refractivity contribution is -0.123. The molecule has 114 valence electrons. The highest BCUT2D eigenvalue weighted by molar-refractivity contribution is 5.99. The number of carbonyl (C=O) groups is 1. The zero-order valence-corrected chi connectivity index (χ0v) is 13.4. The van der Waals surface area contributed by atoms with Crippen LogP contribution in [0.2, 0.25) is 0 Å². The zero-order chi connectivity index (χ0) is 15.9. The number of nitrogens with one attached hydrogen (secondary N) is 1. The lowest BCUT2D eigenvalue weighted by Gasteiger charge is -2.26. The summed E-state index contributed by atoms with van der Waals surface area (Å²) < 4.78 is 0. The molecule has 0 saturated carbocycles. The van der Waals surface area contributed by atoms with Gasteiger partial charge in [0.15, 0.2) is 0 Å². The smallest absolute Gasteiger partial charge is 0.244 e. The minimum Gasteiger partial charge on any atom is -0.376 e. The van der Waals surface area contributed by atoms with E-state index in [-0.39, 0.29) is 5.91 Å². The molecule has 0 unspecified atom stereocenters. The van der Waals surface area contributed by atoms with Gasteiger partial charge in [0.25, 0.3) is 0 Å². The lowest BCUT2D eigenvalue weighted by atomic mass is 9.79. The van der Waals surface area contributed by atoms with Crippen molar-refractivity contribution in [2.45, 2.75) is 39.5 Å². The standard InChI is InChI=1S/C17H25N3O/c1-5-11-17(13-18,12-6-2)16(21)19-14-9-7-8-10-15(14)20(3)4/h7-10H,5-6,11-12H2,1-4H3,(H,19,21). The molecule has 0 aliphatic rings. The Kier molecular flexibility index (Phi) is 6.23. The molecule has 0 saturated heterocycles. The number of nitrogens with zero attached hydrogens (tertiary/aromatic N) is 2. The maximum absolute atomic E-state index is 12.7. The third kappa shape index (κ3) is 3.98. The number of para-hydroxylation sites is 2. The average Bonchev–Trinajstić information content (AvgIpc) is 2.47. The Bertz CT molecular complexity index is 511. The van der Waals surface area contributed by atoms with Crippen molar-refractivity contribution in [1.82, 2.24) is 0 Å². The third-order valence-electron chi connectivity index (χ3n) is 3.64. The quantitative estimate of drug-likeness (QED) is 0.829. The van der Waals surface area contributed by atoms with E-state index < -0.39 is 5.41 Å². The molecule has 4 heteroatoms. The van der Waals surface area contributed by atoms with Crippen LogP contribution in [0.5, 0.6) is 0 Å². The molecule has 1 amide bonds. The molecule has 0 aliphatic carbocycles. The summed E-state index contributed by atoms with van der Waals surface area (Å²) in [6.45, 7) is 4.01. The van der Waals surface area contributed by atoms with E-state index in [1.807, 2.05) is 57.1 Å². The highest BCUT2D eigenvalue weighted by Gasteiger charge is 2.37. The monoisotopic (exact) mass is 287 g/mol. The van der Waals surface area contributed by atoms with Gasteiger partial charge in [-0.25, -0.2) is 0 Å². The van der Waals surface area contributed by atoms with Gasteiger partial charge in [0.05, 0.1) is 17.4 Å². The molecule has 1 aromatic carbocycles. The second-order valence-electron chi connectivity index (χ2n) is 5.56. The van der Waals surface area contributed by atoms with Crippen molar-refractivity contribution in [2.75, 3.05) is 24.3 Å². The van der Waals surface area contributed by atoms with Crippen LogP contribution in [0.25, 0.3) is 0 Å². The van der Waals surface area contributed by atoms with Gasteiger partial charge in [-0.2, -0.15) is 5.26 Å². The summed E-state index contributed by atoms with van der Waals surface area (Å²) in [5.74, 6) is -0.192. The number of carbonyl (C=O) groups excluding carboxylic acids is 1. The number of hydrogen-bond donors (Lipinski definition) is 1. The Balaban J connectivity index is 3.05. The maximum Gasteiger partial charge on any atom is 0.244 e. The molecule has 0 atom stereocenters.